The van der Waals surface area contributed by atoms with Crippen LogP contribution in [0, 0.1) is 10.1 Å². The summed E-state index contributed by atoms with van der Waals surface area (Å²) in [5.41, 5.74) is -0.304. The van der Waals surface area contributed by atoms with Gasteiger partial charge in [-0.25, -0.2) is 4.79 Å². The normalized spacial score (nSPS) is 9.90. The largest absolute Gasteiger partial charge is 0.482 e. The van der Waals surface area contributed by atoms with E-state index in [0.29, 0.717) is 5.75 Å². The fourth-order valence-electron chi connectivity index (χ4n) is 1.58. The summed E-state index contributed by atoms with van der Waals surface area (Å²) < 4.78 is 10.3. The van der Waals surface area contributed by atoms with Gasteiger partial charge in [0.05, 0.1) is 11.0 Å². The van der Waals surface area contributed by atoms with Crippen molar-refractivity contribution in [1.29, 1.82) is 0 Å². The molecule has 0 amide bonds. The summed E-state index contributed by atoms with van der Waals surface area (Å²) in [5.74, 6) is -0.569. The third kappa shape index (κ3) is 3.93. The Balaban J connectivity index is 2.25. The molecule has 0 aromatic heterocycles. The second-order valence-corrected chi connectivity index (χ2v) is 3.98. The minimum atomic E-state index is -1.16. The highest BCUT2D eigenvalue weighted by molar-refractivity contribution is 5.68. The van der Waals surface area contributed by atoms with Crippen molar-refractivity contribution in [3.05, 3.63) is 58.6 Å². The lowest BCUT2D eigenvalue weighted by atomic mass is 10.2. The number of nitrogens with zero attached hydrogens (tertiary/aromatic N) is 1. The van der Waals surface area contributed by atoms with E-state index in [1.807, 2.05) is 0 Å². The van der Waals surface area contributed by atoms with E-state index >= 15 is 0 Å². The quantitative estimate of drug-likeness (QED) is 0.648. The van der Waals surface area contributed by atoms with Gasteiger partial charge in [0.25, 0.3) is 0 Å². The predicted molar refractivity (Wildman–Crippen MR) is 72.7 cm³/mol. The van der Waals surface area contributed by atoms with Crippen LogP contribution in [0.2, 0.25) is 0 Å². The molecular formula is C14H11NO6. The number of hydrogen-bond donors (Lipinski definition) is 1. The highest BCUT2D eigenvalue weighted by Gasteiger charge is 2.17. The van der Waals surface area contributed by atoms with Gasteiger partial charge >= 0.3 is 11.7 Å². The van der Waals surface area contributed by atoms with Crippen LogP contribution < -0.4 is 9.47 Å². The van der Waals surface area contributed by atoms with Gasteiger partial charge in [0.1, 0.15) is 11.5 Å². The molecule has 7 nitrogen and oxygen atoms in total. The van der Waals surface area contributed by atoms with Crippen molar-refractivity contribution in [2.75, 3.05) is 6.61 Å². The highest BCUT2D eigenvalue weighted by Crippen LogP contribution is 2.34. The van der Waals surface area contributed by atoms with E-state index in [1.54, 1.807) is 30.3 Å². The van der Waals surface area contributed by atoms with Crippen molar-refractivity contribution >= 4 is 11.7 Å². The van der Waals surface area contributed by atoms with Crippen molar-refractivity contribution in [1.82, 2.24) is 0 Å². The number of rotatable bonds is 6. The second-order valence-electron chi connectivity index (χ2n) is 3.98. The molecule has 0 spiro atoms. The molecule has 108 valence electrons. The Morgan fingerprint density at radius 2 is 1.86 bits per heavy atom. The third-order valence-corrected chi connectivity index (χ3v) is 2.46. The predicted octanol–water partition coefficient (Wildman–Crippen LogP) is 2.85. The molecule has 0 fully saturated rings. The van der Waals surface area contributed by atoms with E-state index in [-0.39, 0.29) is 17.2 Å². The Hall–Kier alpha value is -3.09. The van der Waals surface area contributed by atoms with Crippen LogP contribution in [0.1, 0.15) is 0 Å². The molecule has 0 aliphatic rings. The Morgan fingerprint density at radius 3 is 2.48 bits per heavy atom. The smallest absolute Gasteiger partial charge is 0.341 e. The maximum Gasteiger partial charge on any atom is 0.341 e. The molecule has 0 atom stereocenters. The SMILES string of the molecule is O=C(O)COc1ccc(Oc2ccccc2)c([N+](=O)[O-])c1. The van der Waals surface area contributed by atoms with Crippen LogP contribution >= 0.6 is 0 Å². The van der Waals surface area contributed by atoms with Crippen molar-refractivity contribution in [2.24, 2.45) is 0 Å². The van der Waals surface area contributed by atoms with Crippen LogP contribution in [0.15, 0.2) is 48.5 Å². The zero-order valence-corrected chi connectivity index (χ0v) is 10.8. The lowest BCUT2D eigenvalue weighted by molar-refractivity contribution is -0.385. The standard InChI is InChI=1S/C14H11NO6/c16-14(17)9-20-11-6-7-13(12(8-11)15(18)19)21-10-4-2-1-3-5-10/h1-8H,9H2,(H,16,17). The van der Waals surface area contributed by atoms with E-state index in [0.717, 1.165) is 6.07 Å². The number of carboxylic acid groups (broad SMARTS) is 1. The average molecular weight is 289 g/mol. The van der Waals surface area contributed by atoms with Gasteiger partial charge in [-0.1, -0.05) is 18.2 Å². The molecule has 2 rings (SSSR count). The van der Waals surface area contributed by atoms with Crippen molar-refractivity contribution in [3.8, 4) is 17.2 Å². The van der Waals surface area contributed by atoms with Crippen LogP contribution in [0.3, 0.4) is 0 Å². The highest BCUT2D eigenvalue weighted by atomic mass is 16.6. The number of carbonyl (C=O) groups is 1. The number of hydrogen-bond acceptors (Lipinski definition) is 5. The van der Waals surface area contributed by atoms with E-state index in [1.165, 1.54) is 12.1 Å². The van der Waals surface area contributed by atoms with Gasteiger partial charge in [0.15, 0.2) is 6.61 Å². The lowest BCUT2D eigenvalue weighted by Crippen LogP contribution is -2.09. The minimum absolute atomic E-state index is 0.0499. The Labute approximate surface area is 119 Å². The van der Waals surface area contributed by atoms with Gasteiger partial charge in [0, 0.05) is 0 Å². The fraction of sp³-hybridized carbons (Fsp3) is 0.0714. The average Bonchev–Trinajstić information content (AvgIpc) is 2.47. The molecule has 0 radical (unpaired) electrons. The molecule has 0 saturated heterocycles. The van der Waals surface area contributed by atoms with E-state index < -0.39 is 17.5 Å². The molecule has 0 aliphatic heterocycles. The van der Waals surface area contributed by atoms with E-state index in [4.69, 9.17) is 14.6 Å². The van der Waals surface area contributed by atoms with Gasteiger partial charge < -0.3 is 14.6 Å². The van der Waals surface area contributed by atoms with Gasteiger partial charge in [-0.3, -0.25) is 10.1 Å². The first-order chi connectivity index (χ1) is 10.1. The maximum atomic E-state index is 11.1. The molecule has 2 aromatic rings. The molecule has 7 heteroatoms. The number of ether oxygens (including phenoxy) is 2. The second kappa shape index (κ2) is 6.38. The minimum Gasteiger partial charge on any atom is -0.482 e. The van der Waals surface area contributed by atoms with Crippen LogP contribution in [0.25, 0.3) is 0 Å². The molecule has 2 aromatic carbocycles. The number of aliphatic carboxylic acids is 1. The van der Waals surface area contributed by atoms with E-state index in [9.17, 15) is 14.9 Å². The van der Waals surface area contributed by atoms with Gasteiger partial charge in [-0.15, -0.1) is 0 Å². The Bertz CT molecular complexity index is 656. The first-order valence-electron chi connectivity index (χ1n) is 5.92. The monoisotopic (exact) mass is 289 g/mol. The van der Waals surface area contributed by atoms with Crippen molar-refractivity contribution in [2.45, 2.75) is 0 Å². The molecular weight excluding hydrogens is 278 g/mol. The zero-order valence-electron chi connectivity index (χ0n) is 10.8. The molecule has 0 unspecified atom stereocenters. The molecule has 21 heavy (non-hydrogen) atoms. The summed E-state index contributed by atoms with van der Waals surface area (Å²) in [6.45, 7) is -0.573. The van der Waals surface area contributed by atoms with Crippen LogP contribution in [0.4, 0.5) is 5.69 Å². The maximum absolute atomic E-state index is 11.1. The summed E-state index contributed by atoms with van der Waals surface area (Å²) in [6, 6.07) is 12.5. The molecule has 0 aliphatic carbocycles. The fourth-order valence-corrected chi connectivity index (χ4v) is 1.58. The number of carboxylic acids is 1. The van der Waals surface area contributed by atoms with Gasteiger partial charge in [-0.05, 0) is 24.3 Å². The molecule has 0 saturated carbocycles. The zero-order chi connectivity index (χ0) is 15.2. The molecule has 0 heterocycles. The van der Waals surface area contributed by atoms with Crippen LogP contribution in [0.5, 0.6) is 17.2 Å². The number of para-hydroxylation sites is 1. The summed E-state index contributed by atoms with van der Waals surface area (Å²) in [6.07, 6.45) is 0. The van der Waals surface area contributed by atoms with Crippen molar-refractivity contribution < 1.29 is 24.3 Å². The van der Waals surface area contributed by atoms with E-state index in [2.05, 4.69) is 0 Å². The topological polar surface area (TPSA) is 98.9 Å². The summed E-state index contributed by atoms with van der Waals surface area (Å²) in [4.78, 5) is 20.9. The number of nitro benzene ring substituents is 1. The number of nitro groups is 1. The lowest BCUT2D eigenvalue weighted by Gasteiger charge is -2.08. The van der Waals surface area contributed by atoms with Crippen LogP contribution in [-0.4, -0.2) is 22.6 Å². The summed E-state index contributed by atoms with van der Waals surface area (Å²) in [5, 5.41) is 19.6. The summed E-state index contributed by atoms with van der Waals surface area (Å²) >= 11 is 0. The first-order valence-corrected chi connectivity index (χ1v) is 5.92. The Kier molecular flexibility index (Phi) is 4.35. The summed E-state index contributed by atoms with van der Waals surface area (Å²) in [7, 11) is 0. The van der Waals surface area contributed by atoms with Gasteiger partial charge in [0.2, 0.25) is 5.75 Å². The van der Waals surface area contributed by atoms with Gasteiger partial charge in [-0.2, -0.15) is 0 Å². The number of benzene rings is 2. The molecule has 0 bridgehead atoms. The van der Waals surface area contributed by atoms with Crippen LogP contribution in [-0.2, 0) is 4.79 Å². The van der Waals surface area contributed by atoms with Crippen molar-refractivity contribution in [3.63, 3.8) is 0 Å². The molecule has 1 N–H and O–H groups in total. The Morgan fingerprint density at radius 1 is 1.14 bits per heavy atom. The third-order valence-electron chi connectivity index (χ3n) is 2.46. The first kappa shape index (κ1) is 14.3.